The van der Waals surface area contributed by atoms with Gasteiger partial charge in [-0.1, -0.05) is 30.3 Å². The summed E-state index contributed by atoms with van der Waals surface area (Å²) >= 11 is 0. The van der Waals surface area contributed by atoms with E-state index in [1.54, 1.807) is 0 Å². The normalized spacial score (nSPS) is 14.0. The highest BCUT2D eigenvalue weighted by Crippen LogP contribution is 2.35. The Balaban J connectivity index is 1.79. The van der Waals surface area contributed by atoms with Gasteiger partial charge in [0.1, 0.15) is 11.3 Å². The van der Waals surface area contributed by atoms with E-state index in [0.717, 1.165) is 35.8 Å². The first-order chi connectivity index (χ1) is 13.1. The molecule has 1 aromatic heterocycles. The van der Waals surface area contributed by atoms with Crippen LogP contribution in [0, 0.1) is 6.92 Å². The predicted molar refractivity (Wildman–Crippen MR) is 101 cm³/mol. The van der Waals surface area contributed by atoms with Crippen LogP contribution >= 0.6 is 0 Å². The van der Waals surface area contributed by atoms with E-state index in [2.05, 4.69) is 0 Å². The molecule has 0 saturated heterocycles. The summed E-state index contributed by atoms with van der Waals surface area (Å²) in [6.45, 7) is 1.83. The van der Waals surface area contributed by atoms with Gasteiger partial charge in [0.15, 0.2) is 0 Å². The molecule has 0 saturated carbocycles. The molecule has 3 aromatic rings. The van der Waals surface area contributed by atoms with Crippen molar-refractivity contribution in [2.45, 2.75) is 32.3 Å². The predicted octanol–water partition coefficient (Wildman–Crippen LogP) is 3.88. The quantitative estimate of drug-likeness (QED) is 0.519. The van der Waals surface area contributed by atoms with Crippen molar-refractivity contribution in [1.29, 1.82) is 0 Å². The van der Waals surface area contributed by atoms with Crippen molar-refractivity contribution in [3.05, 3.63) is 75.1 Å². The number of carbonyl (C=O) groups excluding carboxylic acids is 1. The van der Waals surface area contributed by atoms with Crippen LogP contribution in [0.15, 0.2) is 51.7 Å². The summed E-state index contributed by atoms with van der Waals surface area (Å²) in [7, 11) is 1.33. The van der Waals surface area contributed by atoms with Crippen LogP contribution in [0.4, 0.5) is 0 Å². The zero-order valence-electron chi connectivity index (χ0n) is 15.3. The average molecular weight is 364 g/mol. The Morgan fingerprint density at radius 1 is 1.07 bits per heavy atom. The molecule has 0 radical (unpaired) electrons. The van der Waals surface area contributed by atoms with E-state index in [-0.39, 0.29) is 5.63 Å². The minimum absolute atomic E-state index is 0.275. The number of rotatable bonds is 4. The Morgan fingerprint density at radius 3 is 2.56 bits per heavy atom. The van der Waals surface area contributed by atoms with Crippen LogP contribution in [0.1, 0.15) is 34.8 Å². The summed E-state index contributed by atoms with van der Waals surface area (Å²) in [5, 5.41) is 0.946. The molecule has 138 valence electrons. The molecule has 0 spiro atoms. The lowest BCUT2D eigenvalue weighted by atomic mass is 10.0. The zero-order valence-corrected chi connectivity index (χ0v) is 15.3. The molecule has 1 heterocycles. The zero-order chi connectivity index (χ0) is 19.0. The number of benzene rings is 2. The second-order valence-corrected chi connectivity index (χ2v) is 6.70. The molecule has 5 heteroatoms. The van der Waals surface area contributed by atoms with Gasteiger partial charge < -0.3 is 13.9 Å². The van der Waals surface area contributed by atoms with Gasteiger partial charge >= 0.3 is 11.6 Å². The fourth-order valence-electron chi connectivity index (χ4n) is 3.71. The highest BCUT2D eigenvalue weighted by atomic mass is 16.6. The van der Waals surface area contributed by atoms with E-state index >= 15 is 0 Å². The van der Waals surface area contributed by atoms with Gasteiger partial charge in [0.05, 0.1) is 7.11 Å². The van der Waals surface area contributed by atoms with Crippen LogP contribution in [0.5, 0.6) is 5.75 Å². The lowest BCUT2D eigenvalue weighted by molar-refractivity contribution is -0.149. The molecule has 1 aliphatic rings. The Kier molecular flexibility index (Phi) is 4.44. The maximum atomic E-state index is 12.3. The number of aryl methyl sites for hydroxylation is 2. The van der Waals surface area contributed by atoms with Gasteiger partial charge in [-0.2, -0.15) is 0 Å². The van der Waals surface area contributed by atoms with E-state index in [1.165, 1.54) is 7.11 Å². The van der Waals surface area contributed by atoms with Crippen molar-refractivity contribution in [3.63, 3.8) is 0 Å². The second-order valence-electron chi connectivity index (χ2n) is 6.70. The van der Waals surface area contributed by atoms with E-state index in [1.807, 2.05) is 49.4 Å². The highest BCUT2D eigenvalue weighted by Gasteiger charge is 2.26. The van der Waals surface area contributed by atoms with Crippen LogP contribution in [0.3, 0.4) is 0 Å². The highest BCUT2D eigenvalue weighted by molar-refractivity contribution is 5.86. The van der Waals surface area contributed by atoms with Crippen LogP contribution in [0.2, 0.25) is 0 Å². The summed E-state index contributed by atoms with van der Waals surface area (Å²) in [6.07, 6.45) is 1.72. The lowest BCUT2D eigenvalue weighted by Crippen LogP contribution is -2.20. The Morgan fingerprint density at radius 2 is 1.81 bits per heavy atom. The topological polar surface area (TPSA) is 65.7 Å². The molecule has 5 nitrogen and oxygen atoms in total. The van der Waals surface area contributed by atoms with E-state index in [0.29, 0.717) is 22.5 Å². The summed E-state index contributed by atoms with van der Waals surface area (Å²) in [6, 6.07) is 12.9. The molecule has 0 N–H and O–H groups in total. The molecular weight excluding hydrogens is 344 g/mol. The minimum atomic E-state index is -0.895. The first kappa shape index (κ1) is 17.3. The van der Waals surface area contributed by atoms with Gasteiger partial charge in [-0.3, -0.25) is 0 Å². The second kappa shape index (κ2) is 6.91. The lowest BCUT2D eigenvalue weighted by Gasteiger charge is -2.19. The fraction of sp³-hybridized carbons (Fsp3) is 0.273. The number of hydrogen-bond donors (Lipinski definition) is 0. The van der Waals surface area contributed by atoms with Gasteiger partial charge in [0.25, 0.3) is 0 Å². The van der Waals surface area contributed by atoms with Crippen LogP contribution in [-0.4, -0.2) is 13.1 Å². The van der Waals surface area contributed by atoms with Crippen molar-refractivity contribution in [3.8, 4) is 5.75 Å². The van der Waals surface area contributed by atoms with Crippen LogP contribution in [-0.2, 0) is 22.4 Å². The Bertz CT molecular complexity index is 1070. The standard InChI is InChI=1S/C22H20O5/c1-13-18(26-20(22(24)25-2)14-7-4-3-5-8-14)12-11-16-15-9-6-10-17(15)21(23)27-19(13)16/h3-5,7-8,11-12,20H,6,9-10H2,1-2H3/t20-/m1/s1. The summed E-state index contributed by atoms with van der Waals surface area (Å²) in [5.41, 5.74) is 3.50. The summed E-state index contributed by atoms with van der Waals surface area (Å²) in [4.78, 5) is 24.6. The van der Waals surface area contributed by atoms with Crippen molar-refractivity contribution < 1.29 is 18.7 Å². The number of esters is 1. The fourth-order valence-corrected chi connectivity index (χ4v) is 3.71. The summed E-state index contributed by atoms with van der Waals surface area (Å²) in [5.74, 6) is -0.000969. The summed E-state index contributed by atoms with van der Waals surface area (Å²) < 4.78 is 16.5. The van der Waals surface area contributed by atoms with Gasteiger partial charge in [-0.25, -0.2) is 9.59 Å². The minimum Gasteiger partial charge on any atom is -0.474 e. The van der Waals surface area contributed by atoms with E-state index in [9.17, 15) is 9.59 Å². The number of ether oxygens (including phenoxy) is 2. The SMILES string of the molecule is COC(=O)[C@H](Oc1ccc2c3c(c(=O)oc2c1C)CCC3)c1ccccc1. The number of methoxy groups -OCH3 is 1. The van der Waals surface area contributed by atoms with Gasteiger partial charge in [0, 0.05) is 22.1 Å². The molecule has 2 aromatic carbocycles. The molecule has 4 rings (SSSR count). The average Bonchev–Trinajstić information content (AvgIpc) is 3.19. The Hall–Kier alpha value is -3.08. The third kappa shape index (κ3) is 2.99. The Labute approximate surface area is 156 Å². The first-order valence-corrected chi connectivity index (χ1v) is 8.97. The van der Waals surface area contributed by atoms with Crippen molar-refractivity contribution in [1.82, 2.24) is 0 Å². The van der Waals surface area contributed by atoms with Gasteiger partial charge in [-0.05, 0) is 43.9 Å². The largest absolute Gasteiger partial charge is 0.474 e. The third-order valence-corrected chi connectivity index (χ3v) is 5.10. The van der Waals surface area contributed by atoms with E-state index in [4.69, 9.17) is 13.9 Å². The molecule has 0 unspecified atom stereocenters. The van der Waals surface area contributed by atoms with E-state index < -0.39 is 12.1 Å². The van der Waals surface area contributed by atoms with Crippen LogP contribution < -0.4 is 10.4 Å². The molecule has 1 aliphatic carbocycles. The number of carbonyl (C=O) groups is 1. The first-order valence-electron chi connectivity index (χ1n) is 8.97. The molecule has 1 atom stereocenters. The van der Waals surface area contributed by atoms with Crippen molar-refractivity contribution >= 4 is 16.9 Å². The maximum Gasteiger partial charge on any atom is 0.351 e. The van der Waals surface area contributed by atoms with Gasteiger partial charge in [0.2, 0.25) is 6.10 Å². The maximum absolute atomic E-state index is 12.3. The molecule has 27 heavy (non-hydrogen) atoms. The molecule has 0 fully saturated rings. The molecule has 0 bridgehead atoms. The smallest absolute Gasteiger partial charge is 0.351 e. The molecular formula is C22H20O5. The number of fused-ring (bicyclic) bond motifs is 3. The number of hydrogen-bond acceptors (Lipinski definition) is 5. The van der Waals surface area contributed by atoms with Crippen LogP contribution in [0.25, 0.3) is 11.0 Å². The van der Waals surface area contributed by atoms with Gasteiger partial charge in [-0.15, -0.1) is 0 Å². The monoisotopic (exact) mass is 364 g/mol. The molecule has 0 amide bonds. The van der Waals surface area contributed by atoms with Crippen molar-refractivity contribution in [2.75, 3.05) is 7.11 Å². The van der Waals surface area contributed by atoms with Crippen molar-refractivity contribution in [2.24, 2.45) is 0 Å². The third-order valence-electron chi connectivity index (χ3n) is 5.10. The molecule has 0 aliphatic heterocycles.